The second kappa shape index (κ2) is 7.72. The molecule has 0 aliphatic rings. The molecular formula is C19H25NO. The van der Waals surface area contributed by atoms with Gasteiger partial charge in [-0.25, -0.2) is 0 Å². The second-order valence-corrected chi connectivity index (χ2v) is 5.44. The molecule has 1 atom stereocenters. The van der Waals surface area contributed by atoms with Crippen LogP contribution in [0.1, 0.15) is 37.3 Å². The summed E-state index contributed by atoms with van der Waals surface area (Å²) in [6, 6.07) is 16.7. The summed E-state index contributed by atoms with van der Waals surface area (Å²) in [5, 5.41) is 3.42. The van der Waals surface area contributed by atoms with Gasteiger partial charge in [0.05, 0.1) is 0 Å². The Hall–Kier alpha value is -1.96. The number of nitrogens with one attached hydrogen (secondary N) is 1. The molecule has 2 nitrogen and oxygen atoms in total. The van der Waals surface area contributed by atoms with E-state index in [1.807, 2.05) is 6.07 Å². The highest BCUT2D eigenvalue weighted by atomic mass is 16.5. The molecule has 0 amide bonds. The number of anilines is 1. The van der Waals surface area contributed by atoms with Crippen molar-refractivity contribution in [1.29, 1.82) is 0 Å². The van der Waals surface area contributed by atoms with Gasteiger partial charge in [-0.1, -0.05) is 50.2 Å². The van der Waals surface area contributed by atoms with Crippen LogP contribution in [-0.2, 0) is 0 Å². The smallest absolute Gasteiger partial charge is 0.122 e. The molecule has 1 N–H and O–H groups in total. The highest BCUT2D eigenvalue weighted by molar-refractivity contribution is 5.50. The van der Waals surface area contributed by atoms with Crippen LogP contribution in [-0.4, -0.2) is 13.2 Å². The summed E-state index contributed by atoms with van der Waals surface area (Å²) in [5.41, 5.74) is 3.74. The van der Waals surface area contributed by atoms with E-state index in [1.54, 1.807) is 0 Å². The maximum absolute atomic E-state index is 5.96. The average Bonchev–Trinajstić information content (AvgIpc) is 2.52. The van der Waals surface area contributed by atoms with Crippen molar-refractivity contribution in [2.45, 2.75) is 33.1 Å². The number of aryl methyl sites for hydroxylation is 1. The molecule has 0 aliphatic heterocycles. The van der Waals surface area contributed by atoms with E-state index < -0.39 is 0 Å². The minimum Gasteiger partial charge on any atom is -0.491 e. The highest BCUT2D eigenvalue weighted by Gasteiger charge is 2.09. The summed E-state index contributed by atoms with van der Waals surface area (Å²) >= 11 is 0. The first kappa shape index (κ1) is 15.4. The molecular weight excluding hydrogens is 258 g/mol. The Balaban J connectivity index is 1.88. The minimum absolute atomic E-state index is 0.533. The third-order valence-corrected chi connectivity index (χ3v) is 3.88. The molecule has 2 aromatic carbocycles. The lowest BCUT2D eigenvalue weighted by molar-refractivity contribution is 0.327. The predicted molar refractivity (Wildman–Crippen MR) is 90.3 cm³/mol. The van der Waals surface area contributed by atoms with Crippen molar-refractivity contribution in [3.63, 3.8) is 0 Å². The molecule has 0 saturated heterocycles. The number of hydrogen-bond donors (Lipinski definition) is 1. The van der Waals surface area contributed by atoms with Crippen molar-refractivity contribution in [1.82, 2.24) is 0 Å². The molecule has 0 fully saturated rings. The van der Waals surface area contributed by atoms with Gasteiger partial charge in [-0.15, -0.1) is 0 Å². The fourth-order valence-corrected chi connectivity index (χ4v) is 2.36. The van der Waals surface area contributed by atoms with E-state index in [0.29, 0.717) is 12.5 Å². The van der Waals surface area contributed by atoms with Crippen LogP contribution >= 0.6 is 0 Å². The lowest BCUT2D eigenvalue weighted by Crippen LogP contribution is -2.13. The van der Waals surface area contributed by atoms with Gasteiger partial charge in [0, 0.05) is 12.2 Å². The average molecular weight is 283 g/mol. The van der Waals surface area contributed by atoms with Crippen molar-refractivity contribution >= 4 is 5.69 Å². The van der Waals surface area contributed by atoms with E-state index in [-0.39, 0.29) is 0 Å². The normalized spacial score (nSPS) is 12.0. The van der Waals surface area contributed by atoms with Crippen molar-refractivity contribution in [3.05, 3.63) is 59.7 Å². The van der Waals surface area contributed by atoms with Gasteiger partial charge in [0.15, 0.2) is 0 Å². The van der Waals surface area contributed by atoms with Crippen molar-refractivity contribution in [3.8, 4) is 5.75 Å². The Morgan fingerprint density at radius 3 is 2.52 bits per heavy atom. The molecule has 2 aromatic rings. The zero-order valence-electron chi connectivity index (χ0n) is 13.2. The van der Waals surface area contributed by atoms with Crippen LogP contribution in [0, 0.1) is 6.92 Å². The summed E-state index contributed by atoms with van der Waals surface area (Å²) in [6.45, 7) is 8.04. The van der Waals surface area contributed by atoms with E-state index in [4.69, 9.17) is 4.74 Å². The van der Waals surface area contributed by atoms with Gasteiger partial charge >= 0.3 is 0 Å². The van der Waals surface area contributed by atoms with E-state index >= 15 is 0 Å². The van der Waals surface area contributed by atoms with Gasteiger partial charge in [-0.05, 0) is 42.5 Å². The molecule has 21 heavy (non-hydrogen) atoms. The molecule has 112 valence electrons. The zero-order valence-corrected chi connectivity index (χ0v) is 13.2. The molecule has 0 bridgehead atoms. The molecule has 0 aliphatic carbocycles. The molecule has 0 saturated carbocycles. The zero-order chi connectivity index (χ0) is 15.1. The number of para-hydroxylation sites is 2. The molecule has 2 heteroatoms. The quantitative estimate of drug-likeness (QED) is 0.722. The number of hydrogen-bond acceptors (Lipinski definition) is 2. The molecule has 0 heterocycles. The maximum atomic E-state index is 5.96. The summed E-state index contributed by atoms with van der Waals surface area (Å²) in [5.74, 6) is 1.55. The fourth-order valence-electron chi connectivity index (χ4n) is 2.36. The Bertz CT molecular complexity index is 565. The van der Waals surface area contributed by atoms with Crippen LogP contribution in [0.15, 0.2) is 48.5 Å². The third-order valence-electron chi connectivity index (χ3n) is 3.88. The largest absolute Gasteiger partial charge is 0.491 e. The van der Waals surface area contributed by atoms with Gasteiger partial charge in [-0.3, -0.25) is 0 Å². The van der Waals surface area contributed by atoms with Crippen LogP contribution in [0.2, 0.25) is 0 Å². The molecule has 2 rings (SSSR count). The Morgan fingerprint density at radius 2 is 1.76 bits per heavy atom. The molecule has 0 radical (unpaired) electrons. The monoisotopic (exact) mass is 283 g/mol. The van der Waals surface area contributed by atoms with E-state index in [9.17, 15) is 0 Å². The Morgan fingerprint density at radius 1 is 1.05 bits per heavy atom. The summed E-state index contributed by atoms with van der Waals surface area (Å²) in [4.78, 5) is 0. The van der Waals surface area contributed by atoms with Gasteiger partial charge in [0.2, 0.25) is 0 Å². The van der Waals surface area contributed by atoms with Gasteiger partial charge in [0.1, 0.15) is 12.4 Å². The molecule has 1 unspecified atom stereocenters. The predicted octanol–water partition coefficient (Wildman–Crippen LogP) is 5.00. The van der Waals surface area contributed by atoms with Crippen LogP contribution in [0.3, 0.4) is 0 Å². The molecule has 0 aromatic heterocycles. The SMILES string of the molecule is CCC(C)c1ccccc1OCCNc1ccccc1C. The highest BCUT2D eigenvalue weighted by Crippen LogP contribution is 2.28. The van der Waals surface area contributed by atoms with Crippen LogP contribution < -0.4 is 10.1 Å². The molecule has 0 spiro atoms. The maximum Gasteiger partial charge on any atom is 0.122 e. The van der Waals surface area contributed by atoms with Gasteiger partial charge in [0.25, 0.3) is 0 Å². The first-order valence-electron chi connectivity index (χ1n) is 7.73. The first-order chi connectivity index (χ1) is 10.2. The summed E-state index contributed by atoms with van der Waals surface area (Å²) in [6.07, 6.45) is 1.13. The Kier molecular flexibility index (Phi) is 5.68. The fraction of sp³-hybridized carbons (Fsp3) is 0.368. The third kappa shape index (κ3) is 4.25. The van der Waals surface area contributed by atoms with Gasteiger partial charge < -0.3 is 10.1 Å². The van der Waals surface area contributed by atoms with Gasteiger partial charge in [-0.2, -0.15) is 0 Å². The minimum atomic E-state index is 0.533. The second-order valence-electron chi connectivity index (χ2n) is 5.44. The summed E-state index contributed by atoms with van der Waals surface area (Å²) < 4.78 is 5.96. The van der Waals surface area contributed by atoms with Crippen LogP contribution in [0.4, 0.5) is 5.69 Å². The van der Waals surface area contributed by atoms with E-state index in [2.05, 4.69) is 68.6 Å². The Labute approximate surface area is 128 Å². The number of ether oxygens (including phenoxy) is 1. The lowest BCUT2D eigenvalue weighted by atomic mass is 9.98. The van der Waals surface area contributed by atoms with E-state index in [0.717, 1.165) is 18.7 Å². The summed E-state index contributed by atoms with van der Waals surface area (Å²) in [7, 11) is 0. The number of benzene rings is 2. The number of rotatable bonds is 7. The standard InChI is InChI=1S/C19H25NO/c1-4-15(2)17-10-6-8-12-19(17)21-14-13-20-18-11-7-5-9-16(18)3/h5-12,15,20H,4,13-14H2,1-3H3. The topological polar surface area (TPSA) is 21.3 Å². The van der Waals surface area contributed by atoms with Crippen molar-refractivity contribution in [2.75, 3.05) is 18.5 Å². The van der Waals surface area contributed by atoms with E-state index in [1.165, 1.54) is 16.8 Å². The lowest BCUT2D eigenvalue weighted by Gasteiger charge is -2.16. The van der Waals surface area contributed by atoms with Crippen molar-refractivity contribution in [2.24, 2.45) is 0 Å². The first-order valence-corrected chi connectivity index (χ1v) is 7.73. The van der Waals surface area contributed by atoms with Crippen LogP contribution in [0.5, 0.6) is 5.75 Å². The van der Waals surface area contributed by atoms with Crippen LogP contribution in [0.25, 0.3) is 0 Å². The van der Waals surface area contributed by atoms with Crippen molar-refractivity contribution < 1.29 is 4.74 Å².